The molecule has 21 heavy (non-hydrogen) atoms. The van der Waals surface area contributed by atoms with Crippen LogP contribution >= 0.6 is 11.6 Å². The number of anilines is 1. The Morgan fingerprint density at radius 1 is 1.48 bits per heavy atom. The number of hydrogen-bond acceptors (Lipinski definition) is 4. The fourth-order valence-electron chi connectivity index (χ4n) is 2.66. The van der Waals surface area contributed by atoms with Crippen molar-refractivity contribution in [2.24, 2.45) is 0 Å². The summed E-state index contributed by atoms with van der Waals surface area (Å²) in [6.07, 6.45) is 4.54. The smallest absolute Gasteiger partial charge is 0.150 e. The number of hydrogen-bond donors (Lipinski definition) is 2. The van der Waals surface area contributed by atoms with E-state index in [2.05, 4.69) is 10.4 Å². The van der Waals surface area contributed by atoms with Crippen LogP contribution in [0.4, 0.5) is 5.69 Å². The second-order valence-electron chi connectivity index (χ2n) is 5.34. The summed E-state index contributed by atoms with van der Waals surface area (Å²) in [6.45, 7) is 1.20. The second-order valence-corrected chi connectivity index (χ2v) is 5.65. The van der Waals surface area contributed by atoms with Gasteiger partial charge in [0, 0.05) is 18.5 Å². The van der Waals surface area contributed by atoms with Crippen molar-refractivity contribution in [3.8, 4) is 0 Å². The SMILES string of the molecule is OC(CCl)CNc1cccc2cnn(C3CCCCO3)c12. The summed E-state index contributed by atoms with van der Waals surface area (Å²) < 4.78 is 7.78. The second kappa shape index (κ2) is 6.64. The van der Waals surface area contributed by atoms with Gasteiger partial charge in [0.05, 0.1) is 29.4 Å². The van der Waals surface area contributed by atoms with Crippen LogP contribution in [-0.2, 0) is 4.74 Å². The van der Waals surface area contributed by atoms with Gasteiger partial charge in [-0.25, -0.2) is 4.68 Å². The zero-order valence-corrected chi connectivity index (χ0v) is 12.6. The van der Waals surface area contributed by atoms with Crippen molar-refractivity contribution in [3.63, 3.8) is 0 Å². The van der Waals surface area contributed by atoms with Gasteiger partial charge in [-0.15, -0.1) is 11.6 Å². The van der Waals surface area contributed by atoms with E-state index in [1.165, 1.54) is 0 Å². The molecule has 1 saturated heterocycles. The van der Waals surface area contributed by atoms with Crippen molar-refractivity contribution in [1.82, 2.24) is 9.78 Å². The molecule has 2 atom stereocenters. The molecule has 1 aromatic carbocycles. The van der Waals surface area contributed by atoms with Gasteiger partial charge in [0.1, 0.15) is 0 Å². The Hall–Kier alpha value is -1.30. The Balaban J connectivity index is 1.90. The predicted octanol–water partition coefficient (Wildman–Crippen LogP) is 2.75. The lowest BCUT2D eigenvalue weighted by molar-refractivity contribution is -0.0366. The van der Waals surface area contributed by atoms with Gasteiger partial charge in [-0.05, 0) is 25.3 Å². The highest BCUT2D eigenvalue weighted by Crippen LogP contribution is 2.30. The van der Waals surface area contributed by atoms with E-state index in [1.807, 2.05) is 29.1 Å². The van der Waals surface area contributed by atoms with E-state index in [0.717, 1.165) is 42.5 Å². The quantitative estimate of drug-likeness (QED) is 0.834. The minimum Gasteiger partial charge on any atom is -0.390 e. The maximum Gasteiger partial charge on any atom is 0.150 e. The molecule has 2 unspecified atom stereocenters. The first kappa shape index (κ1) is 14.6. The highest BCUT2D eigenvalue weighted by Gasteiger charge is 2.20. The van der Waals surface area contributed by atoms with Crippen LogP contribution in [-0.4, -0.2) is 40.0 Å². The van der Waals surface area contributed by atoms with Gasteiger partial charge >= 0.3 is 0 Å². The van der Waals surface area contributed by atoms with Crippen LogP contribution in [0.5, 0.6) is 0 Å². The lowest BCUT2D eigenvalue weighted by Crippen LogP contribution is -2.22. The van der Waals surface area contributed by atoms with Crippen LogP contribution in [0.3, 0.4) is 0 Å². The first-order chi connectivity index (χ1) is 10.3. The number of rotatable bonds is 5. The van der Waals surface area contributed by atoms with Crippen molar-refractivity contribution < 1.29 is 9.84 Å². The molecule has 2 heterocycles. The van der Waals surface area contributed by atoms with Gasteiger partial charge in [-0.2, -0.15) is 5.10 Å². The molecule has 2 N–H and O–H groups in total. The van der Waals surface area contributed by atoms with E-state index in [1.54, 1.807) is 0 Å². The number of benzene rings is 1. The molecule has 1 fully saturated rings. The monoisotopic (exact) mass is 309 g/mol. The van der Waals surface area contributed by atoms with Gasteiger partial charge in [-0.1, -0.05) is 12.1 Å². The molecule has 0 saturated carbocycles. The van der Waals surface area contributed by atoms with Crippen LogP contribution in [0, 0.1) is 0 Å². The summed E-state index contributed by atoms with van der Waals surface area (Å²) in [5.74, 6) is 0.216. The van der Waals surface area contributed by atoms with Crippen LogP contribution in [0.25, 0.3) is 10.9 Å². The highest BCUT2D eigenvalue weighted by atomic mass is 35.5. The molecular formula is C15H20ClN3O2. The molecule has 0 aliphatic carbocycles. The Morgan fingerprint density at radius 2 is 2.38 bits per heavy atom. The van der Waals surface area contributed by atoms with Gasteiger partial charge < -0.3 is 15.2 Å². The lowest BCUT2D eigenvalue weighted by Gasteiger charge is -2.24. The molecule has 0 amide bonds. The summed E-state index contributed by atoms with van der Waals surface area (Å²) in [5, 5.41) is 18.4. The molecule has 0 radical (unpaired) electrons. The van der Waals surface area contributed by atoms with E-state index in [4.69, 9.17) is 16.3 Å². The topological polar surface area (TPSA) is 59.3 Å². The Morgan fingerprint density at radius 3 is 3.14 bits per heavy atom. The van der Waals surface area contributed by atoms with Gasteiger partial charge in [0.2, 0.25) is 0 Å². The molecule has 0 bridgehead atoms. The number of alkyl halides is 1. The van der Waals surface area contributed by atoms with Crippen LogP contribution in [0.1, 0.15) is 25.5 Å². The predicted molar refractivity (Wildman–Crippen MR) is 83.8 cm³/mol. The van der Waals surface area contributed by atoms with Crippen LogP contribution in [0.2, 0.25) is 0 Å². The number of fused-ring (bicyclic) bond motifs is 1. The van der Waals surface area contributed by atoms with Crippen molar-refractivity contribution in [2.45, 2.75) is 31.6 Å². The Kier molecular flexibility index (Phi) is 4.63. The molecular weight excluding hydrogens is 290 g/mol. The minimum atomic E-state index is -0.566. The summed E-state index contributed by atoms with van der Waals surface area (Å²) >= 11 is 5.64. The van der Waals surface area contributed by atoms with Gasteiger partial charge in [0.25, 0.3) is 0 Å². The fourth-order valence-corrected chi connectivity index (χ4v) is 2.77. The first-order valence-corrected chi connectivity index (χ1v) is 7.89. The van der Waals surface area contributed by atoms with E-state index in [0.29, 0.717) is 6.54 Å². The van der Waals surface area contributed by atoms with Crippen molar-refractivity contribution in [3.05, 3.63) is 24.4 Å². The summed E-state index contributed by atoms with van der Waals surface area (Å²) in [4.78, 5) is 0. The molecule has 114 valence electrons. The number of halogens is 1. The fraction of sp³-hybridized carbons (Fsp3) is 0.533. The third kappa shape index (κ3) is 3.15. The minimum absolute atomic E-state index is 0.00264. The third-order valence-corrected chi connectivity index (χ3v) is 4.11. The Labute approximate surface area is 128 Å². The highest BCUT2D eigenvalue weighted by molar-refractivity contribution is 6.18. The average molecular weight is 310 g/mol. The molecule has 1 aliphatic rings. The number of nitrogens with zero attached hydrogens (tertiary/aromatic N) is 2. The first-order valence-electron chi connectivity index (χ1n) is 7.35. The Bertz CT molecular complexity index is 596. The average Bonchev–Trinajstić information content (AvgIpc) is 2.98. The number of nitrogens with one attached hydrogen (secondary N) is 1. The normalized spacial score (nSPS) is 20.6. The zero-order chi connectivity index (χ0) is 14.7. The van der Waals surface area contributed by atoms with E-state index >= 15 is 0 Å². The maximum atomic E-state index is 9.62. The van der Waals surface area contributed by atoms with Crippen LogP contribution in [0.15, 0.2) is 24.4 Å². The molecule has 1 aliphatic heterocycles. The lowest BCUT2D eigenvalue weighted by atomic mass is 10.1. The summed E-state index contributed by atoms with van der Waals surface area (Å²) in [7, 11) is 0. The molecule has 0 spiro atoms. The molecule has 5 nitrogen and oxygen atoms in total. The number of aromatic nitrogens is 2. The molecule has 3 rings (SSSR count). The van der Waals surface area contributed by atoms with Crippen LogP contribution < -0.4 is 5.32 Å². The standard InChI is InChI=1S/C15H20ClN3O2/c16-8-12(20)10-17-13-5-3-4-11-9-18-19(15(11)13)14-6-1-2-7-21-14/h3-5,9,12,14,17,20H,1-2,6-8,10H2. The van der Waals surface area contributed by atoms with Crippen molar-refractivity contribution >= 4 is 28.2 Å². The molecule has 6 heteroatoms. The third-order valence-electron chi connectivity index (χ3n) is 3.75. The van der Waals surface area contributed by atoms with Crippen molar-refractivity contribution in [1.29, 1.82) is 0 Å². The van der Waals surface area contributed by atoms with E-state index in [-0.39, 0.29) is 12.1 Å². The number of aliphatic hydroxyl groups is 1. The number of ether oxygens (including phenoxy) is 1. The summed E-state index contributed by atoms with van der Waals surface area (Å²) in [6, 6.07) is 6.00. The number of aliphatic hydroxyl groups excluding tert-OH is 1. The van der Waals surface area contributed by atoms with Crippen molar-refractivity contribution in [2.75, 3.05) is 24.3 Å². The largest absolute Gasteiger partial charge is 0.390 e. The van der Waals surface area contributed by atoms with E-state index in [9.17, 15) is 5.11 Å². The number of para-hydroxylation sites is 1. The summed E-state index contributed by atoms with van der Waals surface area (Å²) in [5.41, 5.74) is 1.97. The maximum absolute atomic E-state index is 9.62. The molecule has 2 aromatic rings. The molecule has 1 aromatic heterocycles. The zero-order valence-electron chi connectivity index (χ0n) is 11.8. The van der Waals surface area contributed by atoms with E-state index < -0.39 is 6.10 Å². The van der Waals surface area contributed by atoms with Gasteiger partial charge in [-0.3, -0.25) is 0 Å². The van der Waals surface area contributed by atoms with Gasteiger partial charge in [0.15, 0.2) is 6.23 Å².